The molecule has 5 nitrogen and oxygen atoms in total. The van der Waals surface area contributed by atoms with Crippen LogP contribution in [0.25, 0.3) is 0 Å². The van der Waals surface area contributed by atoms with E-state index in [4.69, 9.17) is 0 Å². The molecule has 0 aromatic carbocycles. The Morgan fingerprint density at radius 2 is 2.08 bits per heavy atom. The van der Waals surface area contributed by atoms with Gasteiger partial charge in [-0.3, -0.25) is 14.6 Å². The van der Waals surface area contributed by atoms with Crippen LogP contribution in [0.2, 0.25) is 0 Å². The summed E-state index contributed by atoms with van der Waals surface area (Å²) in [4.78, 5) is 33.0. The zero-order valence-corrected chi connectivity index (χ0v) is 14.5. The Labute approximate surface area is 143 Å². The zero-order chi connectivity index (χ0) is 17.1. The molecule has 1 saturated carbocycles. The van der Waals surface area contributed by atoms with Crippen LogP contribution >= 0.6 is 0 Å². The van der Waals surface area contributed by atoms with Gasteiger partial charge >= 0.3 is 0 Å². The summed E-state index contributed by atoms with van der Waals surface area (Å²) >= 11 is 0. The van der Waals surface area contributed by atoms with Gasteiger partial charge in [-0.05, 0) is 49.5 Å². The van der Waals surface area contributed by atoms with Crippen molar-refractivity contribution in [3.05, 3.63) is 41.2 Å². The number of carbonyl (C=O) groups is 2. The molecule has 0 radical (unpaired) electrons. The zero-order valence-electron chi connectivity index (χ0n) is 14.5. The molecule has 128 valence electrons. The highest BCUT2D eigenvalue weighted by Crippen LogP contribution is 2.37. The minimum Gasteiger partial charge on any atom is -0.338 e. The van der Waals surface area contributed by atoms with Gasteiger partial charge in [0.05, 0.1) is 12.5 Å². The van der Waals surface area contributed by atoms with Crippen molar-refractivity contribution in [3.63, 3.8) is 0 Å². The van der Waals surface area contributed by atoms with Crippen LogP contribution in [0, 0.1) is 0 Å². The predicted octanol–water partition coefficient (Wildman–Crippen LogP) is 2.53. The number of likely N-dealkylation sites (N-methyl/N-ethyl adjacent to an activating group) is 1. The van der Waals surface area contributed by atoms with Gasteiger partial charge in [-0.2, -0.15) is 0 Å². The van der Waals surface area contributed by atoms with Crippen LogP contribution in [0.1, 0.15) is 44.6 Å². The number of amides is 2. The summed E-state index contributed by atoms with van der Waals surface area (Å²) in [7, 11) is 1.87. The Morgan fingerprint density at radius 1 is 1.33 bits per heavy atom. The van der Waals surface area contributed by atoms with E-state index in [1.54, 1.807) is 12.4 Å². The predicted molar refractivity (Wildman–Crippen MR) is 92.0 cm³/mol. The van der Waals surface area contributed by atoms with E-state index in [1.807, 2.05) is 35.9 Å². The summed E-state index contributed by atoms with van der Waals surface area (Å²) in [5.41, 5.74) is 3.02. The molecule has 0 spiro atoms. The van der Waals surface area contributed by atoms with Crippen molar-refractivity contribution >= 4 is 11.8 Å². The molecule has 0 saturated heterocycles. The van der Waals surface area contributed by atoms with Gasteiger partial charge < -0.3 is 9.80 Å². The van der Waals surface area contributed by atoms with Gasteiger partial charge in [-0.15, -0.1) is 0 Å². The molecular formula is C19H25N3O2. The molecule has 1 fully saturated rings. The lowest BCUT2D eigenvalue weighted by Crippen LogP contribution is -2.34. The lowest BCUT2D eigenvalue weighted by molar-refractivity contribution is -0.133. The third-order valence-electron chi connectivity index (χ3n) is 5.19. The molecule has 0 bridgehead atoms. The second-order valence-electron chi connectivity index (χ2n) is 6.62. The summed E-state index contributed by atoms with van der Waals surface area (Å²) in [6, 6.07) is 4.07. The van der Waals surface area contributed by atoms with E-state index in [1.165, 1.54) is 5.57 Å². The van der Waals surface area contributed by atoms with Crippen molar-refractivity contribution in [1.29, 1.82) is 0 Å². The number of pyridine rings is 1. The molecule has 2 heterocycles. The first kappa shape index (κ1) is 16.7. The fraction of sp³-hybridized carbons (Fsp3) is 0.526. The smallest absolute Gasteiger partial charge is 0.250 e. The second-order valence-corrected chi connectivity index (χ2v) is 6.62. The lowest BCUT2D eigenvalue weighted by atomic mass is 9.88. The average molecular weight is 327 g/mol. The molecule has 1 aromatic heterocycles. The van der Waals surface area contributed by atoms with Crippen LogP contribution in [0.15, 0.2) is 35.7 Å². The second kappa shape index (κ2) is 7.16. The van der Waals surface area contributed by atoms with Crippen molar-refractivity contribution < 1.29 is 9.59 Å². The molecule has 1 aromatic rings. The number of carbonyl (C=O) groups excluding carboxylic acids is 2. The average Bonchev–Trinajstić information content (AvgIpc) is 2.86. The Hall–Kier alpha value is -2.17. The van der Waals surface area contributed by atoms with Crippen LogP contribution in [0.3, 0.4) is 0 Å². The highest BCUT2D eigenvalue weighted by Gasteiger charge is 2.38. The Balaban J connectivity index is 1.74. The van der Waals surface area contributed by atoms with E-state index in [-0.39, 0.29) is 24.3 Å². The summed E-state index contributed by atoms with van der Waals surface area (Å²) in [6.07, 6.45) is 7.98. The molecule has 3 rings (SSSR count). The normalized spacial score (nSPS) is 20.3. The van der Waals surface area contributed by atoms with Crippen molar-refractivity contribution in [3.8, 4) is 0 Å². The summed E-state index contributed by atoms with van der Waals surface area (Å²) < 4.78 is 0. The fourth-order valence-electron chi connectivity index (χ4n) is 3.80. The largest absolute Gasteiger partial charge is 0.338 e. The van der Waals surface area contributed by atoms with Crippen molar-refractivity contribution in [2.45, 2.75) is 51.6 Å². The topological polar surface area (TPSA) is 53.5 Å². The number of hydrogen-bond donors (Lipinski definition) is 0. The van der Waals surface area contributed by atoms with E-state index < -0.39 is 0 Å². The fourth-order valence-corrected chi connectivity index (χ4v) is 3.80. The SMILES string of the molecule is CCN(Cc1ccncc1)C(=O)CC1=C2CCCCC2N(C)C1=O. The number of nitrogens with zero attached hydrogens (tertiary/aromatic N) is 3. The molecule has 1 unspecified atom stereocenters. The number of fused-ring (bicyclic) bond motifs is 1. The Bertz CT molecular complexity index is 654. The van der Waals surface area contributed by atoms with Crippen molar-refractivity contribution in [1.82, 2.24) is 14.8 Å². The van der Waals surface area contributed by atoms with E-state index >= 15 is 0 Å². The first-order chi connectivity index (χ1) is 11.6. The first-order valence-electron chi connectivity index (χ1n) is 8.77. The van der Waals surface area contributed by atoms with E-state index in [2.05, 4.69) is 4.98 Å². The third kappa shape index (κ3) is 3.21. The van der Waals surface area contributed by atoms with Crippen LogP contribution in [0.4, 0.5) is 0 Å². The van der Waals surface area contributed by atoms with Gasteiger partial charge in [0, 0.05) is 38.1 Å². The van der Waals surface area contributed by atoms with Gasteiger partial charge in [0.2, 0.25) is 5.91 Å². The van der Waals surface area contributed by atoms with Crippen LogP contribution in [0.5, 0.6) is 0 Å². The molecular weight excluding hydrogens is 302 g/mol. The number of rotatable bonds is 5. The highest BCUT2D eigenvalue weighted by atomic mass is 16.2. The van der Waals surface area contributed by atoms with Gasteiger partial charge in [0.1, 0.15) is 0 Å². The van der Waals surface area contributed by atoms with Gasteiger partial charge in [-0.1, -0.05) is 6.42 Å². The maximum atomic E-state index is 12.8. The molecule has 0 N–H and O–H groups in total. The van der Waals surface area contributed by atoms with Crippen LogP contribution in [-0.2, 0) is 16.1 Å². The molecule has 2 amide bonds. The molecule has 1 aliphatic carbocycles. The van der Waals surface area contributed by atoms with E-state index in [9.17, 15) is 9.59 Å². The Kier molecular flexibility index (Phi) is 4.97. The standard InChI is InChI=1S/C19H25N3O2/c1-3-22(13-14-8-10-20-11-9-14)18(23)12-16-15-6-4-5-7-17(15)21(2)19(16)24/h8-11,17H,3-7,12-13H2,1-2H3. The summed E-state index contributed by atoms with van der Waals surface area (Å²) in [5, 5.41) is 0. The van der Waals surface area contributed by atoms with Gasteiger partial charge in [0.15, 0.2) is 0 Å². The first-order valence-corrected chi connectivity index (χ1v) is 8.77. The number of aromatic nitrogens is 1. The van der Waals surface area contributed by atoms with E-state index in [0.29, 0.717) is 13.1 Å². The number of hydrogen-bond acceptors (Lipinski definition) is 3. The minimum atomic E-state index is 0.0322. The van der Waals surface area contributed by atoms with E-state index in [0.717, 1.165) is 36.8 Å². The lowest BCUT2D eigenvalue weighted by Gasteiger charge is -2.26. The van der Waals surface area contributed by atoms with Gasteiger partial charge in [-0.25, -0.2) is 0 Å². The quantitative estimate of drug-likeness (QED) is 0.835. The minimum absolute atomic E-state index is 0.0322. The molecule has 1 aliphatic heterocycles. The Morgan fingerprint density at radius 3 is 2.79 bits per heavy atom. The molecule has 24 heavy (non-hydrogen) atoms. The monoisotopic (exact) mass is 327 g/mol. The van der Waals surface area contributed by atoms with Gasteiger partial charge in [0.25, 0.3) is 5.91 Å². The highest BCUT2D eigenvalue weighted by molar-refractivity contribution is 6.02. The molecule has 5 heteroatoms. The third-order valence-corrected chi connectivity index (χ3v) is 5.19. The molecule has 1 atom stereocenters. The van der Waals surface area contributed by atoms with Crippen LogP contribution in [-0.4, -0.2) is 46.2 Å². The molecule has 2 aliphatic rings. The maximum Gasteiger partial charge on any atom is 0.250 e. The summed E-state index contributed by atoms with van der Waals surface area (Å²) in [5.74, 6) is 0.0787. The summed E-state index contributed by atoms with van der Waals surface area (Å²) in [6.45, 7) is 3.17. The van der Waals surface area contributed by atoms with Crippen molar-refractivity contribution in [2.75, 3.05) is 13.6 Å². The van der Waals surface area contributed by atoms with Crippen LogP contribution < -0.4 is 0 Å². The maximum absolute atomic E-state index is 12.8. The van der Waals surface area contributed by atoms with Crippen molar-refractivity contribution in [2.24, 2.45) is 0 Å².